The molecule has 1 aliphatic rings. The van der Waals surface area contributed by atoms with Gasteiger partial charge in [-0.1, -0.05) is 12.1 Å². The third-order valence-electron chi connectivity index (χ3n) is 4.71. The van der Waals surface area contributed by atoms with Gasteiger partial charge in [-0.2, -0.15) is 10.4 Å². The second-order valence-electron chi connectivity index (χ2n) is 6.50. The van der Waals surface area contributed by atoms with Crippen LogP contribution in [-0.2, 0) is 23.0 Å². The molecule has 2 heterocycles. The van der Waals surface area contributed by atoms with Crippen molar-refractivity contribution in [2.45, 2.75) is 18.6 Å². The number of nitriles is 1. The van der Waals surface area contributed by atoms with Crippen LogP contribution >= 0.6 is 0 Å². The lowest BCUT2D eigenvalue weighted by Gasteiger charge is -2.39. The number of carbonyl (C=O) groups is 1. The highest BCUT2D eigenvalue weighted by atomic mass is 16.5. The number of morpholine rings is 1. The summed E-state index contributed by atoms with van der Waals surface area (Å²) in [5.41, 5.74) is 2.54. The largest absolute Gasteiger partial charge is 0.373 e. The van der Waals surface area contributed by atoms with Gasteiger partial charge in [-0.3, -0.25) is 14.4 Å². The molecule has 0 bridgehead atoms. The quantitative estimate of drug-likeness (QED) is 0.868. The van der Waals surface area contributed by atoms with Crippen molar-refractivity contribution in [1.82, 2.24) is 20.0 Å². The molecule has 0 unspecified atom stereocenters. The van der Waals surface area contributed by atoms with E-state index in [1.807, 2.05) is 29.9 Å². The maximum Gasteiger partial charge on any atom is 0.224 e. The van der Waals surface area contributed by atoms with Gasteiger partial charge < -0.3 is 10.1 Å². The molecule has 2 atom stereocenters. The van der Waals surface area contributed by atoms with Crippen LogP contribution in [0.25, 0.3) is 0 Å². The number of carbonyl (C=O) groups excluding carboxylic acids is 1. The van der Waals surface area contributed by atoms with Gasteiger partial charge in [-0.15, -0.1) is 0 Å². The molecule has 7 nitrogen and oxygen atoms in total. The maximum absolute atomic E-state index is 12.3. The van der Waals surface area contributed by atoms with Crippen LogP contribution in [0, 0.1) is 11.3 Å². The highest BCUT2D eigenvalue weighted by molar-refractivity contribution is 5.78. The molecular weight excluding hydrogens is 330 g/mol. The van der Waals surface area contributed by atoms with Gasteiger partial charge in [-0.05, 0) is 30.8 Å². The van der Waals surface area contributed by atoms with Gasteiger partial charge in [0.25, 0.3) is 0 Å². The first-order valence-electron chi connectivity index (χ1n) is 8.64. The minimum atomic E-state index is -0.130. The summed E-state index contributed by atoms with van der Waals surface area (Å²) in [6.45, 7) is 1.92. The number of aryl methyl sites for hydroxylation is 1. The number of hydrogen-bond donors (Lipinski definition) is 1. The number of ether oxygens (including phenoxy) is 1. The van der Waals surface area contributed by atoms with Gasteiger partial charge in [0, 0.05) is 26.3 Å². The Morgan fingerprint density at radius 3 is 2.77 bits per heavy atom. The summed E-state index contributed by atoms with van der Waals surface area (Å²) in [6, 6.07) is 11.2. The lowest BCUT2D eigenvalue weighted by molar-refractivity contribution is -0.122. The third kappa shape index (κ3) is 4.10. The summed E-state index contributed by atoms with van der Waals surface area (Å²) in [4.78, 5) is 14.5. The molecule has 0 saturated carbocycles. The predicted molar refractivity (Wildman–Crippen MR) is 96.2 cm³/mol. The second-order valence-corrected chi connectivity index (χ2v) is 6.50. The number of amides is 1. The second kappa shape index (κ2) is 8.13. The molecule has 7 heteroatoms. The van der Waals surface area contributed by atoms with E-state index < -0.39 is 0 Å². The van der Waals surface area contributed by atoms with Crippen molar-refractivity contribution in [2.24, 2.45) is 7.05 Å². The number of benzene rings is 1. The van der Waals surface area contributed by atoms with Gasteiger partial charge in [0.1, 0.15) is 0 Å². The summed E-state index contributed by atoms with van der Waals surface area (Å²) >= 11 is 0. The van der Waals surface area contributed by atoms with Crippen LogP contribution in [-0.4, -0.2) is 53.4 Å². The van der Waals surface area contributed by atoms with E-state index in [0.29, 0.717) is 18.7 Å². The molecule has 1 N–H and O–H groups in total. The number of nitrogens with one attached hydrogen (secondary N) is 1. The van der Waals surface area contributed by atoms with Crippen molar-refractivity contribution in [2.75, 3.05) is 26.7 Å². The average molecular weight is 353 g/mol. The normalized spacial score (nSPS) is 20.5. The highest BCUT2D eigenvalue weighted by Crippen LogP contribution is 2.27. The molecule has 1 aromatic carbocycles. The molecule has 136 valence electrons. The Hall–Kier alpha value is -2.69. The molecule has 3 rings (SSSR count). The average Bonchev–Trinajstić information content (AvgIpc) is 3.06. The summed E-state index contributed by atoms with van der Waals surface area (Å²) in [5, 5.41) is 16.1. The fourth-order valence-electron chi connectivity index (χ4n) is 3.28. The lowest BCUT2D eigenvalue weighted by atomic mass is 10.0. The maximum atomic E-state index is 12.3. The van der Waals surface area contributed by atoms with Crippen molar-refractivity contribution < 1.29 is 9.53 Å². The van der Waals surface area contributed by atoms with Crippen LogP contribution in [0.4, 0.5) is 0 Å². The summed E-state index contributed by atoms with van der Waals surface area (Å²) in [5.74, 6) is -0.0599. The molecule has 0 aliphatic carbocycles. The predicted octanol–water partition coefficient (Wildman–Crippen LogP) is 1.02. The van der Waals surface area contributed by atoms with E-state index in [0.717, 1.165) is 17.8 Å². The summed E-state index contributed by atoms with van der Waals surface area (Å²) in [7, 11) is 3.98. The molecule has 26 heavy (non-hydrogen) atoms. The number of aromatic nitrogens is 2. The van der Waals surface area contributed by atoms with E-state index in [9.17, 15) is 4.79 Å². The first-order chi connectivity index (χ1) is 12.6. The molecule has 2 aromatic rings. The van der Waals surface area contributed by atoms with Crippen molar-refractivity contribution in [1.29, 1.82) is 5.26 Å². The molecule has 1 amide bonds. The first kappa shape index (κ1) is 18.1. The third-order valence-corrected chi connectivity index (χ3v) is 4.71. The van der Waals surface area contributed by atoms with Crippen LogP contribution in [0.3, 0.4) is 0 Å². The van der Waals surface area contributed by atoms with Crippen molar-refractivity contribution >= 4 is 5.91 Å². The Morgan fingerprint density at radius 1 is 1.35 bits per heavy atom. The molecule has 0 spiro atoms. The Balaban J connectivity index is 1.60. The molecule has 0 radical (unpaired) electrons. The molecular formula is C19H23N5O2. The Kier molecular flexibility index (Phi) is 5.66. The number of likely N-dealkylation sites (N-methyl/N-ethyl adjacent to an activating group) is 1. The van der Waals surface area contributed by atoms with Crippen LogP contribution < -0.4 is 5.32 Å². The van der Waals surface area contributed by atoms with Gasteiger partial charge in [-0.25, -0.2) is 0 Å². The number of nitrogens with zero attached hydrogens (tertiary/aromatic N) is 4. The van der Waals surface area contributed by atoms with E-state index in [1.54, 1.807) is 18.3 Å². The molecule has 1 saturated heterocycles. The van der Waals surface area contributed by atoms with Crippen molar-refractivity contribution in [3.63, 3.8) is 0 Å². The van der Waals surface area contributed by atoms with E-state index in [4.69, 9.17) is 10.00 Å². The van der Waals surface area contributed by atoms with Crippen LogP contribution in [0.15, 0.2) is 36.5 Å². The zero-order valence-corrected chi connectivity index (χ0v) is 15.1. The van der Waals surface area contributed by atoms with Crippen LogP contribution in [0.5, 0.6) is 0 Å². The zero-order chi connectivity index (χ0) is 18.5. The standard InChI is InChI=1S/C19H23N5O2/c1-23-9-10-26-17(19(23)16-7-8-22-24(16)2)13-21-18(25)11-14-3-5-15(12-20)6-4-14/h3-8,17,19H,9-11,13H2,1-2H3,(H,21,25)/t17-,19-/m0/s1. The topological polar surface area (TPSA) is 83.2 Å². The van der Waals surface area contributed by atoms with Gasteiger partial charge in [0.05, 0.1) is 42.5 Å². The number of rotatable bonds is 5. The molecule has 1 aliphatic heterocycles. The van der Waals surface area contributed by atoms with E-state index in [-0.39, 0.29) is 24.5 Å². The SMILES string of the molecule is CN1CCO[C@@H](CNC(=O)Cc2ccc(C#N)cc2)[C@@H]1c1ccnn1C. The smallest absolute Gasteiger partial charge is 0.224 e. The van der Waals surface area contributed by atoms with Crippen molar-refractivity contribution in [3.05, 3.63) is 53.3 Å². The zero-order valence-electron chi connectivity index (χ0n) is 15.1. The van der Waals surface area contributed by atoms with E-state index in [1.165, 1.54) is 0 Å². The fraction of sp³-hybridized carbons (Fsp3) is 0.421. The minimum Gasteiger partial charge on any atom is -0.373 e. The Morgan fingerprint density at radius 2 is 2.12 bits per heavy atom. The monoisotopic (exact) mass is 353 g/mol. The van der Waals surface area contributed by atoms with Crippen LogP contribution in [0.2, 0.25) is 0 Å². The van der Waals surface area contributed by atoms with Gasteiger partial charge in [0.2, 0.25) is 5.91 Å². The lowest BCUT2D eigenvalue weighted by Crippen LogP contribution is -2.49. The van der Waals surface area contributed by atoms with Crippen LogP contribution in [0.1, 0.15) is 22.9 Å². The molecule has 1 aromatic heterocycles. The first-order valence-corrected chi connectivity index (χ1v) is 8.64. The summed E-state index contributed by atoms with van der Waals surface area (Å²) in [6.07, 6.45) is 1.93. The minimum absolute atomic E-state index is 0.0477. The Labute approximate surface area is 153 Å². The van der Waals surface area contributed by atoms with Gasteiger partial charge >= 0.3 is 0 Å². The fourth-order valence-corrected chi connectivity index (χ4v) is 3.28. The van der Waals surface area contributed by atoms with Gasteiger partial charge in [0.15, 0.2) is 0 Å². The molecule has 1 fully saturated rings. The highest BCUT2D eigenvalue weighted by Gasteiger charge is 2.33. The van der Waals surface area contributed by atoms with E-state index >= 15 is 0 Å². The number of hydrogen-bond acceptors (Lipinski definition) is 5. The summed E-state index contributed by atoms with van der Waals surface area (Å²) < 4.78 is 7.79. The van der Waals surface area contributed by atoms with E-state index in [2.05, 4.69) is 28.4 Å². The van der Waals surface area contributed by atoms with Crippen molar-refractivity contribution in [3.8, 4) is 6.07 Å². The Bertz CT molecular complexity index is 793.